The van der Waals surface area contributed by atoms with Crippen molar-refractivity contribution in [2.24, 2.45) is 0 Å². The first-order chi connectivity index (χ1) is 13.4. The first-order valence-corrected chi connectivity index (χ1v) is 10.5. The van der Waals surface area contributed by atoms with Crippen molar-refractivity contribution in [1.82, 2.24) is 9.55 Å². The molecular weight excluding hydrogens is 442 g/mol. The molecule has 0 atom stereocenters. The summed E-state index contributed by atoms with van der Waals surface area (Å²) in [6.07, 6.45) is 0. The first kappa shape index (κ1) is 20.4. The standard InChI is InChI=1S/C20H20BrN3O3S/c1-4-24-19(26)14-10-13(21)6-7-15(14)23-20(24)28-11-18(25)22-16-9-12(2)5-8-17(16)27-3/h5-10H,4,11H2,1-3H3,(H,22,25). The fourth-order valence-corrected chi connectivity index (χ4v) is 4.02. The summed E-state index contributed by atoms with van der Waals surface area (Å²) in [7, 11) is 1.56. The van der Waals surface area contributed by atoms with Gasteiger partial charge in [-0.3, -0.25) is 14.2 Å². The van der Waals surface area contributed by atoms with E-state index in [0.29, 0.717) is 34.0 Å². The number of carbonyl (C=O) groups excluding carboxylic acids is 1. The van der Waals surface area contributed by atoms with Crippen molar-refractivity contribution in [3.63, 3.8) is 0 Å². The lowest BCUT2D eigenvalue weighted by atomic mass is 10.2. The summed E-state index contributed by atoms with van der Waals surface area (Å²) in [5.74, 6) is 0.538. The van der Waals surface area contributed by atoms with Crippen molar-refractivity contribution >= 4 is 50.2 Å². The maximum absolute atomic E-state index is 12.8. The highest BCUT2D eigenvalue weighted by Crippen LogP contribution is 2.26. The molecule has 6 nitrogen and oxygen atoms in total. The van der Waals surface area contributed by atoms with E-state index in [1.165, 1.54) is 11.8 Å². The molecule has 0 aliphatic rings. The number of aryl methyl sites for hydroxylation is 1. The zero-order chi connectivity index (χ0) is 20.3. The molecule has 1 N–H and O–H groups in total. The van der Waals surface area contributed by atoms with Crippen LogP contribution >= 0.6 is 27.7 Å². The summed E-state index contributed by atoms with van der Waals surface area (Å²) in [4.78, 5) is 29.8. The number of methoxy groups -OCH3 is 1. The number of rotatable bonds is 6. The first-order valence-electron chi connectivity index (χ1n) is 8.70. The van der Waals surface area contributed by atoms with Gasteiger partial charge in [-0.1, -0.05) is 33.8 Å². The van der Waals surface area contributed by atoms with Crippen LogP contribution in [0.25, 0.3) is 10.9 Å². The predicted molar refractivity (Wildman–Crippen MR) is 116 cm³/mol. The number of thioether (sulfide) groups is 1. The second kappa shape index (κ2) is 8.79. The van der Waals surface area contributed by atoms with Crippen molar-refractivity contribution in [2.75, 3.05) is 18.2 Å². The third kappa shape index (κ3) is 4.39. The number of carbonyl (C=O) groups is 1. The third-order valence-electron chi connectivity index (χ3n) is 4.16. The number of benzene rings is 2. The van der Waals surface area contributed by atoms with E-state index in [-0.39, 0.29) is 17.2 Å². The Morgan fingerprint density at radius 3 is 2.79 bits per heavy atom. The average Bonchev–Trinajstić information content (AvgIpc) is 2.67. The van der Waals surface area contributed by atoms with Crippen LogP contribution in [0.1, 0.15) is 12.5 Å². The second-order valence-electron chi connectivity index (χ2n) is 6.15. The molecule has 0 fully saturated rings. The Kier molecular flexibility index (Phi) is 6.41. The third-order valence-corrected chi connectivity index (χ3v) is 5.63. The van der Waals surface area contributed by atoms with E-state index in [4.69, 9.17) is 4.74 Å². The highest BCUT2D eigenvalue weighted by atomic mass is 79.9. The molecule has 28 heavy (non-hydrogen) atoms. The number of amides is 1. The Bertz CT molecular complexity index is 1100. The smallest absolute Gasteiger partial charge is 0.262 e. The SMILES string of the molecule is CCn1c(SCC(=O)Nc2cc(C)ccc2OC)nc2ccc(Br)cc2c1=O. The molecule has 0 aliphatic heterocycles. The second-order valence-corrected chi connectivity index (χ2v) is 8.00. The minimum Gasteiger partial charge on any atom is -0.495 e. The molecule has 0 unspecified atom stereocenters. The van der Waals surface area contributed by atoms with Crippen LogP contribution in [0.2, 0.25) is 0 Å². The molecule has 0 saturated carbocycles. The monoisotopic (exact) mass is 461 g/mol. The van der Waals surface area contributed by atoms with Crippen molar-refractivity contribution in [2.45, 2.75) is 25.5 Å². The molecule has 0 aliphatic carbocycles. The van der Waals surface area contributed by atoms with Crippen LogP contribution in [-0.4, -0.2) is 28.3 Å². The highest BCUT2D eigenvalue weighted by molar-refractivity contribution is 9.10. The van der Waals surface area contributed by atoms with Gasteiger partial charge in [-0.05, 0) is 49.7 Å². The molecule has 0 spiro atoms. The molecule has 0 bridgehead atoms. The van der Waals surface area contributed by atoms with E-state index < -0.39 is 0 Å². The van der Waals surface area contributed by atoms with E-state index in [9.17, 15) is 9.59 Å². The van der Waals surface area contributed by atoms with Gasteiger partial charge in [0.2, 0.25) is 5.91 Å². The van der Waals surface area contributed by atoms with Gasteiger partial charge in [-0.2, -0.15) is 0 Å². The van der Waals surface area contributed by atoms with E-state index in [1.807, 2.05) is 38.1 Å². The number of hydrogen-bond donors (Lipinski definition) is 1. The zero-order valence-corrected chi connectivity index (χ0v) is 18.2. The maximum Gasteiger partial charge on any atom is 0.262 e. The maximum atomic E-state index is 12.8. The largest absolute Gasteiger partial charge is 0.495 e. The van der Waals surface area contributed by atoms with Crippen molar-refractivity contribution < 1.29 is 9.53 Å². The van der Waals surface area contributed by atoms with E-state index >= 15 is 0 Å². The summed E-state index contributed by atoms with van der Waals surface area (Å²) < 4.78 is 7.70. The molecular formula is C20H20BrN3O3S. The van der Waals surface area contributed by atoms with Gasteiger partial charge in [0.15, 0.2) is 5.16 Å². The van der Waals surface area contributed by atoms with Crippen LogP contribution in [0.5, 0.6) is 5.75 Å². The van der Waals surface area contributed by atoms with Crippen LogP contribution in [0, 0.1) is 6.92 Å². The number of ether oxygens (including phenoxy) is 1. The fourth-order valence-electron chi connectivity index (χ4n) is 2.80. The zero-order valence-electron chi connectivity index (χ0n) is 15.8. The number of aromatic nitrogens is 2. The van der Waals surface area contributed by atoms with E-state index in [0.717, 1.165) is 10.0 Å². The lowest BCUT2D eigenvalue weighted by Gasteiger charge is -2.13. The molecule has 0 saturated heterocycles. The Morgan fingerprint density at radius 2 is 2.07 bits per heavy atom. The van der Waals surface area contributed by atoms with Gasteiger partial charge in [0, 0.05) is 11.0 Å². The Hall–Kier alpha value is -2.32. The Labute approximate surface area is 175 Å². The molecule has 3 rings (SSSR count). The van der Waals surface area contributed by atoms with Crippen LogP contribution in [-0.2, 0) is 11.3 Å². The van der Waals surface area contributed by atoms with Crippen LogP contribution in [0.4, 0.5) is 5.69 Å². The molecule has 1 heterocycles. The molecule has 2 aromatic carbocycles. The van der Waals surface area contributed by atoms with Gasteiger partial charge in [0.25, 0.3) is 5.56 Å². The number of nitrogens with one attached hydrogen (secondary N) is 1. The van der Waals surface area contributed by atoms with Gasteiger partial charge in [0.05, 0.1) is 29.5 Å². The molecule has 8 heteroatoms. The van der Waals surface area contributed by atoms with Gasteiger partial charge < -0.3 is 10.1 Å². The molecule has 3 aromatic rings. The lowest BCUT2D eigenvalue weighted by molar-refractivity contribution is -0.113. The van der Waals surface area contributed by atoms with Crippen LogP contribution in [0.3, 0.4) is 0 Å². The van der Waals surface area contributed by atoms with Crippen LogP contribution < -0.4 is 15.6 Å². The number of nitrogens with zero attached hydrogens (tertiary/aromatic N) is 2. The summed E-state index contributed by atoms with van der Waals surface area (Å²) in [6, 6.07) is 11.0. The normalized spacial score (nSPS) is 10.9. The average molecular weight is 462 g/mol. The lowest BCUT2D eigenvalue weighted by Crippen LogP contribution is -2.23. The van der Waals surface area contributed by atoms with Crippen molar-refractivity contribution in [1.29, 1.82) is 0 Å². The Morgan fingerprint density at radius 1 is 1.29 bits per heavy atom. The highest BCUT2D eigenvalue weighted by Gasteiger charge is 2.14. The number of fused-ring (bicyclic) bond motifs is 1. The summed E-state index contributed by atoms with van der Waals surface area (Å²) in [6.45, 7) is 4.31. The summed E-state index contributed by atoms with van der Waals surface area (Å²) in [5.41, 5.74) is 2.14. The quantitative estimate of drug-likeness (QED) is 0.439. The van der Waals surface area contributed by atoms with Crippen LogP contribution in [0.15, 0.2) is 50.8 Å². The number of anilines is 1. The van der Waals surface area contributed by atoms with Gasteiger partial charge in [-0.15, -0.1) is 0 Å². The van der Waals surface area contributed by atoms with E-state index in [1.54, 1.807) is 23.8 Å². The topological polar surface area (TPSA) is 73.2 Å². The van der Waals surface area contributed by atoms with Crippen molar-refractivity contribution in [3.8, 4) is 5.75 Å². The van der Waals surface area contributed by atoms with Gasteiger partial charge >= 0.3 is 0 Å². The predicted octanol–water partition coefficient (Wildman–Crippen LogP) is 4.23. The summed E-state index contributed by atoms with van der Waals surface area (Å²) >= 11 is 4.62. The van der Waals surface area contributed by atoms with Crippen molar-refractivity contribution in [3.05, 3.63) is 56.8 Å². The summed E-state index contributed by atoms with van der Waals surface area (Å²) in [5, 5.41) is 3.94. The van der Waals surface area contributed by atoms with Gasteiger partial charge in [0.1, 0.15) is 5.75 Å². The fraction of sp³-hybridized carbons (Fsp3) is 0.250. The van der Waals surface area contributed by atoms with E-state index in [2.05, 4.69) is 26.2 Å². The minimum absolute atomic E-state index is 0.114. The molecule has 146 valence electrons. The molecule has 1 aromatic heterocycles. The molecule has 1 amide bonds. The van der Waals surface area contributed by atoms with Gasteiger partial charge in [-0.25, -0.2) is 4.98 Å². The molecule has 0 radical (unpaired) electrons. The number of halogens is 1. The number of hydrogen-bond acceptors (Lipinski definition) is 5. The Balaban J connectivity index is 1.82. The minimum atomic E-state index is -0.193.